The van der Waals surface area contributed by atoms with E-state index >= 15 is 0 Å². The zero-order chi connectivity index (χ0) is 24.1. The molecule has 1 aliphatic heterocycles. The first-order chi connectivity index (χ1) is 15.5. The molecular weight excluding hydrogens is 444 g/mol. The average Bonchev–Trinajstić information content (AvgIpc) is 2.77. The van der Waals surface area contributed by atoms with Gasteiger partial charge in [0, 0.05) is 18.2 Å². The third kappa shape index (κ3) is 3.84. The second-order valence-corrected chi connectivity index (χ2v) is 7.51. The van der Waals surface area contributed by atoms with Crippen LogP contribution in [0.15, 0.2) is 40.8 Å². The number of phenolic OH excluding ortho intramolecular Hbond substituents is 4. The van der Waals surface area contributed by atoms with E-state index < -0.39 is 54.2 Å². The minimum atomic E-state index is -2.92. The molecule has 2 heterocycles. The van der Waals surface area contributed by atoms with Crippen molar-refractivity contribution in [2.45, 2.75) is 30.4 Å². The van der Waals surface area contributed by atoms with Gasteiger partial charge in [-0.3, -0.25) is 0 Å². The molecule has 0 spiro atoms. The molecule has 2 aromatic carbocycles. The topological polar surface area (TPSA) is 212 Å². The molecule has 1 fully saturated rings. The van der Waals surface area contributed by atoms with Gasteiger partial charge in [-0.1, -0.05) is 0 Å². The predicted octanol–water partition coefficient (Wildman–Crippen LogP) is -0.298. The van der Waals surface area contributed by atoms with Gasteiger partial charge in [0.05, 0.1) is 18.2 Å². The summed E-state index contributed by atoms with van der Waals surface area (Å²) in [6.07, 6.45) is -7.83. The number of fused-ring (bicyclic) bond motifs is 1. The van der Waals surface area contributed by atoms with Crippen LogP contribution in [0.5, 0.6) is 28.7 Å². The minimum Gasteiger partial charge on any atom is -0.507 e. The van der Waals surface area contributed by atoms with E-state index in [2.05, 4.69) is 0 Å². The molecule has 0 amide bonds. The van der Waals surface area contributed by atoms with Crippen molar-refractivity contribution in [2.24, 2.45) is 0 Å². The van der Waals surface area contributed by atoms with Crippen molar-refractivity contribution in [1.29, 1.82) is 0 Å². The Morgan fingerprint density at radius 1 is 0.909 bits per heavy atom. The number of hydrogen-bond acceptors (Lipinski definition) is 11. The van der Waals surface area contributed by atoms with E-state index in [-0.39, 0.29) is 33.8 Å². The molecule has 12 heteroatoms. The minimum absolute atomic E-state index is 0.00607. The number of aliphatic hydroxyl groups excluding tert-OH is 4. The highest BCUT2D eigenvalue weighted by Gasteiger charge is 2.58. The summed E-state index contributed by atoms with van der Waals surface area (Å²) >= 11 is 0. The fourth-order valence-corrected chi connectivity index (χ4v) is 3.54. The Labute approximate surface area is 185 Å². The number of phenols is 4. The Bertz CT molecular complexity index is 1200. The fourth-order valence-electron chi connectivity index (χ4n) is 3.54. The van der Waals surface area contributed by atoms with E-state index in [4.69, 9.17) is 13.9 Å². The van der Waals surface area contributed by atoms with Gasteiger partial charge < -0.3 is 55.4 Å². The molecule has 4 rings (SSSR count). The summed E-state index contributed by atoms with van der Waals surface area (Å²) < 4.78 is 16.1. The van der Waals surface area contributed by atoms with Crippen LogP contribution in [0.4, 0.5) is 0 Å². The van der Waals surface area contributed by atoms with E-state index in [1.807, 2.05) is 0 Å². The summed E-state index contributed by atoms with van der Waals surface area (Å²) in [6.45, 7) is -0.836. The van der Waals surface area contributed by atoms with E-state index in [1.165, 1.54) is 12.1 Å². The van der Waals surface area contributed by atoms with Crippen LogP contribution in [-0.4, -0.2) is 83.0 Å². The SMILES string of the molecule is OC[C@H]1OC(O)[C@H](O)[C@](O)(Oc2cc3c(O)cc(O)cc3[o+]c2-c2ccc(O)c(O)c2)[C@H]1O. The standard InChI is InChI=1S/C21H20O12/c22-7-16-18(27)21(30,19(28)20(29)32-16)33-15-6-10-12(25)4-9(23)5-14(10)31-17(15)8-1-2-11(24)13(26)3-8/h1-6,16,18-20,22,27-30H,7H2,(H3-,23,24,25,26)/p+1/t16-,18+,19+,20?,21-/m1/s1. The number of hydrogen-bond donors (Lipinski definition) is 9. The molecule has 0 bridgehead atoms. The summed E-state index contributed by atoms with van der Waals surface area (Å²) in [5, 5.41) is 90.6. The molecule has 1 aromatic heterocycles. The summed E-state index contributed by atoms with van der Waals surface area (Å²) in [5.41, 5.74) is 0.0414. The summed E-state index contributed by atoms with van der Waals surface area (Å²) in [4.78, 5) is 0. The van der Waals surface area contributed by atoms with Gasteiger partial charge in [-0.25, -0.2) is 4.42 Å². The Morgan fingerprint density at radius 2 is 1.64 bits per heavy atom. The molecule has 0 radical (unpaired) electrons. The third-order valence-electron chi connectivity index (χ3n) is 5.29. The summed E-state index contributed by atoms with van der Waals surface area (Å²) in [6, 6.07) is 6.85. The molecule has 1 aliphatic rings. The second-order valence-electron chi connectivity index (χ2n) is 7.51. The van der Waals surface area contributed by atoms with E-state index in [0.29, 0.717) is 0 Å². The first kappa shape index (κ1) is 22.8. The average molecular weight is 465 g/mol. The Hall–Kier alpha value is -3.39. The molecule has 12 nitrogen and oxygen atoms in total. The van der Waals surface area contributed by atoms with Gasteiger partial charge in [0.2, 0.25) is 5.75 Å². The van der Waals surface area contributed by atoms with Crippen molar-refractivity contribution >= 4 is 11.0 Å². The molecule has 1 unspecified atom stereocenters. The third-order valence-corrected chi connectivity index (χ3v) is 5.29. The number of benzene rings is 2. The zero-order valence-electron chi connectivity index (χ0n) is 16.7. The maximum atomic E-state index is 11.0. The Morgan fingerprint density at radius 3 is 2.30 bits per heavy atom. The molecule has 9 N–H and O–H groups in total. The van der Waals surface area contributed by atoms with Crippen LogP contribution in [0, 0.1) is 0 Å². The normalized spacial score (nSPS) is 27.5. The van der Waals surface area contributed by atoms with Gasteiger partial charge in [0.15, 0.2) is 30.0 Å². The lowest BCUT2D eigenvalue weighted by molar-refractivity contribution is -0.371. The van der Waals surface area contributed by atoms with Crippen molar-refractivity contribution in [3.63, 3.8) is 0 Å². The number of ether oxygens (including phenoxy) is 2. The summed E-state index contributed by atoms with van der Waals surface area (Å²) in [7, 11) is 0. The lowest BCUT2D eigenvalue weighted by Crippen LogP contribution is -2.69. The molecule has 5 atom stereocenters. The maximum absolute atomic E-state index is 11.0. The van der Waals surface area contributed by atoms with Crippen LogP contribution in [0.2, 0.25) is 0 Å². The fraction of sp³-hybridized carbons (Fsp3) is 0.286. The molecule has 0 aliphatic carbocycles. The lowest BCUT2D eigenvalue weighted by atomic mass is 9.94. The van der Waals surface area contributed by atoms with Crippen molar-refractivity contribution in [3.05, 3.63) is 36.4 Å². The number of aromatic hydroxyl groups is 4. The molecule has 3 aromatic rings. The van der Waals surface area contributed by atoms with Crippen molar-refractivity contribution in [3.8, 4) is 40.1 Å². The Kier molecular flexibility index (Phi) is 5.66. The molecular formula is C21H21O12+. The van der Waals surface area contributed by atoms with Crippen molar-refractivity contribution < 1.29 is 59.8 Å². The quantitative estimate of drug-likeness (QED) is 0.138. The van der Waals surface area contributed by atoms with Gasteiger partial charge in [-0.2, -0.15) is 0 Å². The van der Waals surface area contributed by atoms with Crippen LogP contribution < -0.4 is 4.74 Å². The monoisotopic (exact) mass is 465 g/mol. The van der Waals surface area contributed by atoms with Gasteiger partial charge in [0.25, 0.3) is 5.79 Å². The number of rotatable bonds is 4. The molecule has 0 saturated carbocycles. The summed E-state index contributed by atoms with van der Waals surface area (Å²) in [5.74, 6) is -5.29. The largest absolute Gasteiger partial charge is 0.507 e. The molecule has 176 valence electrons. The maximum Gasteiger partial charge on any atom is 0.402 e. The highest BCUT2D eigenvalue weighted by atomic mass is 16.7. The first-order valence-corrected chi connectivity index (χ1v) is 9.62. The van der Waals surface area contributed by atoms with E-state index in [1.54, 1.807) is 0 Å². The molecule has 1 saturated heterocycles. The van der Waals surface area contributed by atoms with E-state index in [9.17, 15) is 46.0 Å². The van der Waals surface area contributed by atoms with E-state index in [0.717, 1.165) is 24.3 Å². The zero-order valence-corrected chi connectivity index (χ0v) is 16.7. The predicted molar refractivity (Wildman–Crippen MR) is 108 cm³/mol. The second kappa shape index (κ2) is 8.19. The van der Waals surface area contributed by atoms with Crippen LogP contribution in [-0.2, 0) is 4.74 Å². The van der Waals surface area contributed by atoms with Crippen molar-refractivity contribution in [1.82, 2.24) is 0 Å². The van der Waals surface area contributed by atoms with Crippen LogP contribution in [0.1, 0.15) is 0 Å². The smallest absolute Gasteiger partial charge is 0.402 e. The highest BCUT2D eigenvalue weighted by molar-refractivity contribution is 5.88. The van der Waals surface area contributed by atoms with Gasteiger partial charge >= 0.3 is 11.3 Å². The van der Waals surface area contributed by atoms with Crippen LogP contribution >= 0.6 is 0 Å². The number of aliphatic hydroxyl groups is 5. The van der Waals surface area contributed by atoms with Gasteiger partial charge in [-0.15, -0.1) is 0 Å². The highest BCUT2D eigenvalue weighted by Crippen LogP contribution is 2.43. The first-order valence-electron chi connectivity index (χ1n) is 9.62. The van der Waals surface area contributed by atoms with Crippen LogP contribution in [0.25, 0.3) is 22.3 Å². The van der Waals surface area contributed by atoms with Crippen molar-refractivity contribution in [2.75, 3.05) is 6.61 Å². The lowest BCUT2D eigenvalue weighted by Gasteiger charge is -2.45. The van der Waals surface area contributed by atoms with Gasteiger partial charge in [0.1, 0.15) is 23.0 Å². The van der Waals surface area contributed by atoms with Crippen LogP contribution in [0.3, 0.4) is 0 Å². The molecule has 33 heavy (non-hydrogen) atoms. The Balaban J connectivity index is 1.92. The van der Waals surface area contributed by atoms with Gasteiger partial charge in [-0.05, 0) is 12.1 Å².